The predicted molar refractivity (Wildman–Crippen MR) is 103 cm³/mol. The molecule has 0 saturated carbocycles. The van der Waals surface area contributed by atoms with Crippen LogP contribution in [0.15, 0.2) is 36.7 Å². The first-order chi connectivity index (χ1) is 12.5. The molecule has 0 aromatic carbocycles. The highest BCUT2D eigenvalue weighted by atomic mass is 32.1. The molecule has 0 saturated heterocycles. The number of nitrogens with zero attached hydrogens (tertiary/aromatic N) is 4. The smallest absolute Gasteiger partial charge is 0.181 e. The molecule has 0 amide bonds. The third-order valence-corrected chi connectivity index (χ3v) is 5.77. The Labute approximate surface area is 155 Å². The number of hydrogen-bond acceptors (Lipinski definition) is 6. The fraction of sp³-hybridized carbons (Fsp3) is 0.316. The van der Waals surface area contributed by atoms with E-state index in [1.807, 2.05) is 44.4 Å². The van der Waals surface area contributed by atoms with E-state index in [0.29, 0.717) is 13.0 Å². The van der Waals surface area contributed by atoms with Crippen molar-refractivity contribution in [2.75, 3.05) is 13.7 Å². The molecule has 1 unspecified atom stereocenters. The molecule has 0 bridgehead atoms. The Morgan fingerprint density at radius 3 is 2.92 bits per heavy atom. The van der Waals surface area contributed by atoms with Gasteiger partial charge in [0.25, 0.3) is 0 Å². The van der Waals surface area contributed by atoms with Crippen LogP contribution in [0.2, 0.25) is 0 Å². The van der Waals surface area contributed by atoms with Gasteiger partial charge in [-0.1, -0.05) is 0 Å². The number of aryl methyl sites for hydroxylation is 1. The van der Waals surface area contributed by atoms with Crippen LogP contribution in [0.25, 0.3) is 32.5 Å². The van der Waals surface area contributed by atoms with Gasteiger partial charge in [-0.25, -0.2) is 9.97 Å². The van der Waals surface area contributed by atoms with Crippen LogP contribution >= 0.6 is 11.3 Å². The van der Waals surface area contributed by atoms with Crippen molar-refractivity contribution in [3.05, 3.63) is 41.5 Å². The van der Waals surface area contributed by atoms with Crippen molar-refractivity contribution >= 4 is 32.6 Å². The molecule has 0 aliphatic heterocycles. The van der Waals surface area contributed by atoms with E-state index in [0.717, 1.165) is 37.4 Å². The molecule has 0 radical (unpaired) electrons. The number of aromatic nitrogens is 4. The van der Waals surface area contributed by atoms with Gasteiger partial charge in [0.15, 0.2) is 5.65 Å². The lowest BCUT2D eigenvalue weighted by Crippen LogP contribution is -2.21. The van der Waals surface area contributed by atoms with Gasteiger partial charge in [-0.2, -0.15) is 5.10 Å². The maximum absolute atomic E-state index is 10.7. The van der Waals surface area contributed by atoms with Gasteiger partial charge in [0, 0.05) is 60.8 Å². The molecule has 0 aliphatic rings. The molecule has 134 valence electrons. The van der Waals surface area contributed by atoms with Crippen molar-refractivity contribution in [2.45, 2.75) is 18.9 Å². The molecular weight excluding hydrogens is 348 g/mol. The number of methoxy groups -OCH3 is 1. The molecule has 1 N–H and O–H groups in total. The van der Waals surface area contributed by atoms with Crippen LogP contribution in [0, 0.1) is 0 Å². The van der Waals surface area contributed by atoms with E-state index in [1.54, 1.807) is 18.0 Å². The summed E-state index contributed by atoms with van der Waals surface area (Å²) in [6, 6.07) is 8.08. The van der Waals surface area contributed by atoms with Crippen LogP contribution in [0.5, 0.6) is 0 Å². The molecule has 0 aliphatic carbocycles. The number of hydrogen-bond donors (Lipinski definition) is 1. The zero-order valence-electron chi connectivity index (χ0n) is 14.9. The minimum absolute atomic E-state index is 0.511. The molecule has 4 aromatic rings. The Morgan fingerprint density at radius 2 is 2.12 bits per heavy atom. The summed E-state index contributed by atoms with van der Waals surface area (Å²) in [4.78, 5) is 11.0. The van der Waals surface area contributed by atoms with E-state index < -0.39 is 5.60 Å². The normalized spacial score (nSPS) is 14.2. The van der Waals surface area contributed by atoms with Crippen LogP contribution in [0.3, 0.4) is 0 Å². The molecule has 1 atom stereocenters. The third-order valence-electron chi connectivity index (χ3n) is 4.48. The van der Waals surface area contributed by atoms with E-state index in [9.17, 15) is 5.11 Å². The number of fused-ring (bicyclic) bond motifs is 2. The quantitative estimate of drug-likeness (QED) is 0.584. The average molecular weight is 368 g/mol. The number of aliphatic hydroxyl groups is 1. The first-order valence-corrected chi connectivity index (χ1v) is 9.20. The Balaban J connectivity index is 1.72. The number of pyridine rings is 2. The van der Waals surface area contributed by atoms with Gasteiger partial charge in [-0.05, 0) is 31.2 Å². The minimum Gasteiger partial charge on any atom is -0.385 e. The van der Waals surface area contributed by atoms with Crippen molar-refractivity contribution in [1.29, 1.82) is 0 Å². The van der Waals surface area contributed by atoms with Gasteiger partial charge in [0.2, 0.25) is 0 Å². The molecule has 6 nitrogen and oxygen atoms in total. The van der Waals surface area contributed by atoms with E-state index in [1.165, 1.54) is 11.3 Å². The second kappa shape index (κ2) is 6.42. The number of ether oxygens (including phenoxy) is 1. The summed E-state index contributed by atoms with van der Waals surface area (Å²) in [6.07, 6.45) is 4.29. The lowest BCUT2D eigenvalue weighted by Gasteiger charge is -2.20. The van der Waals surface area contributed by atoms with Crippen molar-refractivity contribution in [2.24, 2.45) is 7.05 Å². The van der Waals surface area contributed by atoms with Crippen molar-refractivity contribution in [1.82, 2.24) is 19.7 Å². The standard InChI is InChI=1S/C19H20N4O2S/c1-19(24,6-7-25-3)16-9-12-4-5-15(21-18(12)26-16)13-8-14-11-23(2)22-17(14)20-10-13/h4-5,8-11,24H,6-7H2,1-3H3. The summed E-state index contributed by atoms with van der Waals surface area (Å²) in [5, 5.41) is 17.0. The summed E-state index contributed by atoms with van der Waals surface area (Å²) < 4.78 is 6.86. The highest BCUT2D eigenvalue weighted by Gasteiger charge is 2.25. The third kappa shape index (κ3) is 3.09. The van der Waals surface area contributed by atoms with Crippen LogP contribution in [0.4, 0.5) is 0 Å². The largest absolute Gasteiger partial charge is 0.385 e. The van der Waals surface area contributed by atoms with Crippen molar-refractivity contribution in [3.8, 4) is 11.3 Å². The fourth-order valence-corrected chi connectivity index (χ4v) is 4.05. The van der Waals surface area contributed by atoms with Crippen LogP contribution in [-0.4, -0.2) is 38.6 Å². The van der Waals surface area contributed by atoms with E-state index in [2.05, 4.69) is 10.1 Å². The summed E-state index contributed by atoms with van der Waals surface area (Å²) >= 11 is 1.52. The summed E-state index contributed by atoms with van der Waals surface area (Å²) in [5.41, 5.74) is 1.62. The molecule has 4 heterocycles. The summed E-state index contributed by atoms with van der Waals surface area (Å²) in [7, 11) is 3.52. The lowest BCUT2D eigenvalue weighted by atomic mass is 10.0. The zero-order valence-corrected chi connectivity index (χ0v) is 15.7. The molecule has 0 fully saturated rings. The highest BCUT2D eigenvalue weighted by Crippen LogP contribution is 2.35. The van der Waals surface area contributed by atoms with Gasteiger partial charge >= 0.3 is 0 Å². The van der Waals surface area contributed by atoms with Gasteiger partial charge in [-0.15, -0.1) is 11.3 Å². The Morgan fingerprint density at radius 1 is 1.27 bits per heavy atom. The molecule has 7 heteroatoms. The van der Waals surface area contributed by atoms with E-state index >= 15 is 0 Å². The Hall–Kier alpha value is -2.35. The first-order valence-electron chi connectivity index (χ1n) is 8.38. The molecule has 4 rings (SSSR count). The number of thiophene rings is 1. The second-order valence-electron chi connectivity index (χ2n) is 6.66. The topological polar surface area (TPSA) is 73.1 Å². The lowest BCUT2D eigenvalue weighted by molar-refractivity contribution is 0.0242. The van der Waals surface area contributed by atoms with Crippen LogP contribution in [0.1, 0.15) is 18.2 Å². The zero-order chi connectivity index (χ0) is 18.3. The molecule has 4 aromatic heterocycles. The fourth-order valence-electron chi connectivity index (χ4n) is 2.94. The molecule has 26 heavy (non-hydrogen) atoms. The van der Waals surface area contributed by atoms with Gasteiger partial charge in [0.1, 0.15) is 4.83 Å². The maximum atomic E-state index is 10.7. The van der Waals surface area contributed by atoms with Gasteiger partial charge in [-0.3, -0.25) is 4.68 Å². The summed E-state index contributed by atoms with van der Waals surface area (Å²) in [6.45, 7) is 2.33. The Kier molecular flexibility index (Phi) is 4.22. The first kappa shape index (κ1) is 17.1. The van der Waals surface area contributed by atoms with Gasteiger partial charge in [0.05, 0.1) is 11.3 Å². The van der Waals surface area contributed by atoms with Gasteiger partial charge < -0.3 is 9.84 Å². The molecule has 0 spiro atoms. The van der Waals surface area contributed by atoms with Crippen LogP contribution in [-0.2, 0) is 17.4 Å². The van der Waals surface area contributed by atoms with E-state index in [4.69, 9.17) is 9.72 Å². The SMILES string of the molecule is COCCC(C)(O)c1cc2ccc(-c3cnc4nn(C)cc4c3)nc2s1. The predicted octanol–water partition coefficient (Wildman–Crippen LogP) is 3.49. The minimum atomic E-state index is -0.919. The Bertz CT molecular complexity index is 1080. The number of rotatable bonds is 5. The van der Waals surface area contributed by atoms with Crippen LogP contribution < -0.4 is 0 Å². The second-order valence-corrected chi connectivity index (χ2v) is 7.69. The average Bonchev–Trinajstić information content (AvgIpc) is 3.21. The summed E-state index contributed by atoms with van der Waals surface area (Å²) in [5.74, 6) is 0. The van der Waals surface area contributed by atoms with Crippen molar-refractivity contribution in [3.63, 3.8) is 0 Å². The molecular formula is C19H20N4O2S. The van der Waals surface area contributed by atoms with Crippen molar-refractivity contribution < 1.29 is 9.84 Å². The monoisotopic (exact) mass is 368 g/mol. The highest BCUT2D eigenvalue weighted by molar-refractivity contribution is 7.18. The van der Waals surface area contributed by atoms with E-state index in [-0.39, 0.29) is 0 Å². The maximum Gasteiger partial charge on any atom is 0.181 e.